The van der Waals surface area contributed by atoms with Crippen LogP contribution in [0.3, 0.4) is 0 Å². The number of hydrogen-bond acceptors (Lipinski definition) is 5. The van der Waals surface area contributed by atoms with E-state index in [1.165, 1.54) is 6.08 Å². The highest BCUT2D eigenvalue weighted by Crippen LogP contribution is 2.32. The molecule has 1 saturated heterocycles. The Hall–Kier alpha value is -4.83. The second-order valence-electron chi connectivity index (χ2n) is 7.42. The van der Waals surface area contributed by atoms with Gasteiger partial charge in [-0.1, -0.05) is 48.4 Å². The first-order valence-corrected chi connectivity index (χ1v) is 10.9. The van der Waals surface area contributed by atoms with Crippen molar-refractivity contribution in [3.05, 3.63) is 90.0 Å². The molecule has 1 aliphatic rings. The number of anilines is 2. The number of para-hydroxylation sites is 2. The zero-order chi connectivity index (χ0) is 24.8. The minimum atomic E-state index is -0.748. The summed E-state index contributed by atoms with van der Waals surface area (Å²) >= 11 is 0. The second kappa shape index (κ2) is 10.4. The molecule has 0 atom stereocenters. The summed E-state index contributed by atoms with van der Waals surface area (Å²) in [4.78, 5) is 42.3. The molecular weight excluding hydrogens is 444 g/mol. The molecule has 1 aliphatic heterocycles. The SMILES string of the molecule is C#CCOc1ccc(C=C2C(=O)N(c3ccccc3)C(=O)N(c3ccccc3)C2=O)cc1OCC. The molecule has 0 N–H and O–H groups in total. The highest BCUT2D eigenvalue weighted by Gasteiger charge is 2.43. The highest BCUT2D eigenvalue weighted by molar-refractivity contribution is 6.46. The molecule has 0 bridgehead atoms. The Kier molecular flexibility index (Phi) is 6.94. The molecule has 0 unspecified atom stereocenters. The summed E-state index contributed by atoms with van der Waals surface area (Å²) in [5.74, 6) is 1.83. The van der Waals surface area contributed by atoms with Crippen LogP contribution < -0.4 is 19.3 Å². The number of amides is 4. The Bertz CT molecular complexity index is 1260. The summed E-state index contributed by atoms with van der Waals surface area (Å²) in [5.41, 5.74) is 1.07. The van der Waals surface area contributed by atoms with E-state index in [4.69, 9.17) is 15.9 Å². The van der Waals surface area contributed by atoms with Crippen molar-refractivity contribution in [2.45, 2.75) is 6.92 Å². The maximum absolute atomic E-state index is 13.5. The summed E-state index contributed by atoms with van der Waals surface area (Å²) in [7, 11) is 0. The summed E-state index contributed by atoms with van der Waals surface area (Å²) < 4.78 is 11.2. The van der Waals surface area contributed by atoms with Gasteiger partial charge >= 0.3 is 6.03 Å². The number of carbonyl (C=O) groups excluding carboxylic acids is 3. The molecule has 1 heterocycles. The second-order valence-corrected chi connectivity index (χ2v) is 7.42. The van der Waals surface area contributed by atoms with Gasteiger partial charge in [0.15, 0.2) is 11.5 Å². The first kappa shape index (κ1) is 23.3. The number of carbonyl (C=O) groups is 3. The fourth-order valence-electron chi connectivity index (χ4n) is 3.63. The van der Waals surface area contributed by atoms with Crippen molar-refractivity contribution < 1.29 is 23.9 Å². The van der Waals surface area contributed by atoms with E-state index in [2.05, 4.69) is 5.92 Å². The van der Waals surface area contributed by atoms with Crippen molar-refractivity contribution in [2.24, 2.45) is 0 Å². The van der Waals surface area contributed by atoms with Crippen LogP contribution >= 0.6 is 0 Å². The molecule has 0 spiro atoms. The third-order valence-corrected chi connectivity index (χ3v) is 5.17. The minimum absolute atomic E-state index is 0.0671. The number of benzene rings is 3. The molecule has 174 valence electrons. The highest BCUT2D eigenvalue weighted by atomic mass is 16.5. The molecule has 3 aromatic rings. The van der Waals surface area contributed by atoms with E-state index in [0.29, 0.717) is 35.0 Å². The monoisotopic (exact) mass is 466 g/mol. The molecule has 7 heteroatoms. The third-order valence-electron chi connectivity index (χ3n) is 5.17. The topological polar surface area (TPSA) is 76.2 Å². The van der Waals surface area contributed by atoms with Crippen LogP contribution in [0, 0.1) is 12.3 Å². The molecule has 3 aromatic carbocycles. The average Bonchev–Trinajstić information content (AvgIpc) is 2.87. The number of urea groups is 1. The van der Waals surface area contributed by atoms with Crippen molar-refractivity contribution in [3.8, 4) is 23.8 Å². The smallest absolute Gasteiger partial charge is 0.343 e. The van der Waals surface area contributed by atoms with Gasteiger partial charge in [0.05, 0.1) is 18.0 Å². The van der Waals surface area contributed by atoms with Crippen LogP contribution in [-0.2, 0) is 9.59 Å². The van der Waals surface area contributed by atoms with Gasteiger partial charge in [-0.05, 0) is 55.0 Å². The van der Waals surface area contributed by atoms with E-state index in [9.17, 15) is 14.4 Å². The molecule has 0 aliphatic carbocycles. The lowest BCUT2D eigenvalue weighted by atomic mass is 10.0. The Morgan fingerprint density at radius 1 is 0.800 bits per heavy atom. The Balaban J connectivity index is 1.81. The fraction of sp³-hybridized carbons (Fsp3) is 0.107. The quantitative estimate of drug-likeness (QED) is 0.287. The number of imide groups is 2. The maximum Gasteiger partial charge on any atom is 0.343 e. The van der Waals surface area contributed by atoms with Gasteiger partial charge < -0.3 is 9.47 Å². The molecule has 0 radical (unpaired) electrons. The van der Waals surface area contributed by atoms with Crippen molar-refractivity contribution in [2.75, 3.05) is 23.0 Å². The lowest BCUT2D eigenvalue weighted by molar-refractivity contribution is -0.121. The first-order valence-electron chi connectivity index (χ1n) is 10.9. The van der Waals surface area contributed by atoms with E-state index in [1.54, 1.807) is 78.9 Å². The van der Waals surface area contributed by atoms with E-state index in [1.807, 2.05) is 6.92 Å². The zero-order valence-electron chi connectivity index (χ0n) is 19.0. The van der Waals surface area contributed by atoms with Crippen LogP contribution in [0.5, 0.6) is 11.5 Å². The van der Waals surface area contributed by atoms with Crippen LogP contribution in [0.15, 0.2) is 84.4 Å². The van der Waals surface area contributed by atoms with Crippen LogP contribution in [0.2, 0.25) is 0 Å². The zero-order valence-corrected chi connectivity index (χ0v) is 19.0. The van der Waals surface area contributed by atoms with Crippen LogP contribution in [-0.4, -0.2) is 31.1 Å². The molecule has 35 heavy (non-hydrogen) atoms. The van der Waals surface area contributed by atoms with Crippen molar-refractivity contribution in [1.82, 2.24) is 0 Å². The molecular formula is C28H22N2O5. The number of nitrogens with zero attached hydrogens (tertiary/aromatic N) is 2. The number of barbiturate groups is 1. The normalized spacial score (nSPS) is 13.5. The van der Waals surface area contributed by atoms with Crippen LogP contribution in [0.25, 0.3) is 6.08 Å². The molecule has 7 nitrogen and oxygen atoms in total. The predicted molar refractivity (Wildman–Crippen MR) is 133 cm³/mol. The first-order chi connectivity index (χ1) is 17.0. The summed E-state index contributed by atoms with van der Waals surface area (Å²) in [6.07, 6.45) is 6.72. The predicted octanol–water partition coefficient (Wildman–Crippen LogP) is 4.68. The molecule has 0 aromatic heterocycles. The maximum atomic E-state index is 13.5. The number of ether oxygens (including phenoxy) is 2. The third kappa shape index (κ3) is 4.77. The van der Waals surface area contributed by atoms with Gasteiger partial charge in [0.2, 0.25) is 0 Å². The van der Waals surface area contributed by atoms with Crippen molar-refractivity contribution in [3.63, 3.8) is 0 Å². The average molecular weight is 466 g/mol. The van der Waals surface area contributed by atoms with Crippen LogP contribution in [0.4, 0.5) is 16.2 Å². The van der Waals surface area contributed by atoms with Crippen molar-refractivity contribution in [1.29, 1.82) is 0 Å². The van der Waals surface area contributed by atoms with Crippen molar-refractivity contribution >= 4 is 35.3 Å². The summed E-state index contributed by atoms with van der Waals surface area (Å²) in [5, 5.41) is 0. The largest absolute Gasteiger partial charge is 0.490 e. The van der Waals surface area contributed by atoms with Crippen LogP contribution in [0.1, 0.15) is 12.5 Å². The molecule has 4 rings (SSSR count). The minimum Gasteiger partial charge on any atom is -0.490 e. The Morgan fingerprint density at radius 2 is 1.37 bits per heavy atom. The van der Waals surface area contributed by atoms with E-state index in [-0.39, 0.29) is 12.2 Å². The van der Waals surface area contributed by atoms with Gasteiger partial charge in [0.25, 0.3) is 11.8 Å². The van der Waals surface area contributed by atoms with Gasteiger partial charge in [-0.3, -0.25) is 9.59 Å². The van der Waals surface area contributed by atoms with Gasteiger partial charge in [-0.15, -0.1) is 6.42 Å². The van der Waals surface area contributed by atoms with E-state index < -0.39 is 17.8 Å². The van der Waals surface area contributed by atoms with E-state index >= 15 is 0 Å². The summed E-state index contributed by atoms with van der Waals surface area (Å²) in [6.45, 7) is 2.27. The number of terminal acetylenes is 1. The lowest BCUT2D eigenvalue weighted by Gasteiger charge is -2.33. The summed E-state index contributed by atoms with van der Waals surface area (Å²) in [6, 6.07) is 21.2. The van der Waals surface area contributed by atoms with Gasteiger partial charge in [-0.25, -0.2) is 14.6 Å². The molecule has 4 amide bonds. The Labute approximate surface area is 203 Å². The van der Waals surface area contributed by atoms with Gasteiger partial charge in [-0.2, -0.15) is 0 Å². The lowest BCUT2D eigenvalue weighted by Crippen LogP contribution is -2.57. The molecule has 1 fully saturated rings. The van der Waals surface area contributed by atoms with Gasteiger partial charge in [0.1, 0.15) is 12.2 Å². The molecule has 0 saturated carbocycles. The standard InChI is InChI=1S/C28H22N2O5/c1-3-17-35-24-16-15-20(19-25(24)34-4-2)18-23-26(31)29(21-11-7-5-8-12-21)28(33)30(27(23)32)22-13-9-6-10-14-22/h1,5-16,18-19H,4,17H2,2H3. The van der Waals surface area contributed by atoms with Gasteiger partial charge in [0, 0.05) is 0 Å². The number of rotatable bonds is 7. The fourth-order valence-corrected chi connectivity index (χ4v) is 3.63. The Morgan fingerprint density at radius 3 is 1.89 bits per heavy atom. The number of hydrogen-bond donors (Lipinski definition) is 0. The van der Waals surface area contributed by atoms with E-state index in [0.717, 1.165) is 9.80 Å².